The number of unbranched alkanes of at least 4 members (excludes halogenated alkanes) is 31. The first-order valence-corrected chi connectivity index (χ1v) is 29.3. The van der Waals surface area contributed by atoms with Crippen molar-refractivity contribution in [1.82, 2.24) is 0 Å². The number of hydrogen-bond acceptors (Lipinski definition) is 8. The number of likely N-dealkylation sites (N-methyl/N-ethyl adjacent to an activating group) is 1. The average molecular weight is 987 g/mol. The van der Waals surface area contributed by atoms with Crippen molar-refractivity contribution in [1.29, 1.82) is 0 Å². The molecule has 0 aromatic heterocycles. The molecule has 0 fully saturated rings. The normalized spacial score (nSPS) is 13.1. The molecule has 0 bridgehead atoms. The van der Waals surface area contributed by atoms with Crippen LogP contribution in [0, 0.1) is 0 Å². The van der Waals surface area contributed by atoms with Crippen molar-refractivity contribution in [2.75, 3.05) is 47.5 Å². The van der Waals surface area contributed by atoms with E-state index in [1.807, 2.05) is 21.1 Å². The highest BCUT2D eigenvalue weighted by atomic mass is 16.7. The van der Waals surface area contributed by atoms with Crippen molar-refractivity contribution in [3.05, 3.63) is 48.6 Å². The highest BCUT2D eigenvalue weighted by molar-refractivity contribution is 5.70. The van der Waals surface area contributed by atoms with E-state index >= 15 is 0 Å². The predicted octanol–water partition coefficient (Wildman–Crippen LogP) is 15.7. The summed E-state index contributed by atoms with van der Waals surface area (Å²) in [5.41, 5.74) is 0. The summed E-state index contributed by atoms with van der Waals surface area (Å²) in [6.45, 7) is 4.65. The highest BCUT2D eigenvalue weighted by Crippen LogP contribution is 2.17. The number of carbonyl (C=O) groups is 3. The SMILES string of the molecule is CC/C=C\C/C=C\C/C=C\C/C=C\CCCCCCCCC(=O)OC(COC(=O)CCCCCCCCCCCCCCCCCCCCCCCCCCCC)COC(OCC[N+](C)(C)C)C(=O)[O-]. The third kappa shape index (κ3) is 53.1. The molecule has 2 unspecified atom stereocenters. The number of aliphatic carboxylic acids is 1. The maximum atomic E-state index is 12.8. The third-order valence-electron chi connectivity index (χ3n) is 12.8. The first-order valence-electron chi connectivity index (χ1n) is 29.3. The van der Waals surface area contributed by atoms with Gasteiger partial charge in [0, 0.05) is 12.8 Å². The minimum Gasteiger partial charge on any atom is -0.545 e. The summed E-state index contributed by atoms with van der Waals surface area (Å²) in [7, 11) is 5.92. The standard InChI is InChI=1S/C61H111NO8/c1-6-8-10-12-14-16-18-20-22-24-26-27-28-29-30-31-32-34-35-37-39-41-43-45-47-49-51-58(63)68-55-57(56-69-61(60(65)66)67-54-53-62(3,4)5)70-59(64)52-50-48-46-44-42-40-38-36-33-25-23-21-19-17-15-13-11-9-7-2/h9,11,15,17,21,23,33,36,57,61H,6-8,10,12-14,16,18-20,22,24-32,34-35,37-56H2,1-5H3/b11-9-,17-15-,23-21-,36-33-. The van der Waals surface area contributed by atoms with Crippen LogP contribution < -0.4 is 5.11 Å². The largest absolute Gasteiger partial charge is 0.545 e. The average Bonchev–Trinajstić information content (AvgIpc) is 3.33. The number of carboxylic acid groups (broad SMARTS) is 1. The Labute approximate surface area is 432 Å². The van der Waals surface area contributed by atoms with E-state index in [0.29, 0.717) is 23.9 Å². The van der Waals surface area contributed by atoms with Gasteiger partial charge in [0.05, 0.1) is 40.3 Å². The summed E-state index contributed by atoms with van der Waals surface area (Å²) in [4.78, 5) is 37.3. The zero-order valence-corrected chi connectivity index (χ0v) is 46.4. The van der Waals surface area contributed by atoms with Crippen molar-refractivity contribution in [2.24, 2.45) is 0 Å². The summed E-state index contributed by atoms with van der Waals surface area (Å²) in [6.07, 6.45) is 61.7. The molecule has 0 aliphatic heterocycles. The van der Waals surface area contributed by atoms with E-state index in [1.165, 1.54) is 148 Å². The Hall–Kier alpha value is -2.75. The van der Waals surface area contributed by atoms with Gasteiger partial charge in [-0.05, 0) is 51.4 Å². The van der Waals surface area contributed by atoms with Gasteiger partial charge in [0.1, 0.15) is 13.2 Å². The first-order chi connectivity index (χ1) is 34.1. The topological polar surface area (TPSA) is 111 Å². The second-order valence-electron chi connectivity index (χ2n) is 20.9. The smallest absolute Gasteiger partial charge is 0.306 e. The number of carbonyl (C=O) groups excluding carboxylic acids is 3. The fourth-order valence-corrected chi connectivity index (χ4v) is 8.35. The van der Waals surface area contributed by atoms with Gasteiger partial charge in [0.15, 0.2) is 12.4 Å². The van der Waals surface area contributed by atoms with Crippen LogP contribution in [0.5, 0.6) is 0 Å². The van der Waals surface area contributed by atoms with Gasteiger partial charge in [-0.25, -0.2) is 0 Å². The molecule has 0 aromatic rings. The molecule has 2 atom stereocenters. The summed E-state index contributed by atoms with van der Waals surface area (Å²) in [6, 6.07) is 0. The second-order valence-corrected chi connectivity index (χ2v) is 20.9. The van der Waals surface area contributed by atoms with Gasteiger partial charge >= 0.3 is 11.9 Å². The van der Waals surface area contributed by atoms with Crippen molar-refractivity contribution in [3.63, 3.8) is 0 Å². The summed E-state index contributed by atoms with van der Waals surface area (Å²) in [5.74, 6) is -2.29. The van der Waals surface area contributed by atoms with E-state index < -0.39 is 24.3 Å². The van der Waals surface area contributed by atoms with Crippen LogP contribution in [0.25, 0.3) is 0 Å². The molecular weight excluding hydrogens is 875 g/mol. The predicted molar refractivity (Wildman–Crippen MR) is 292 cm³/mol. The van der Waals surface area contributed by atoms with Gasteiger partial charge in [-0.15, -0.1) is 0 Å². The van der Waals surface area contributed by atoms with E-state index in [4.69, 9.17) is 18.9 Å². The number of carboxylic acids is 1. The van der Waals surface area contributed by atoms with E-state index in [2.05, 4.69) is 62.5 Å². The lowest BCUT2D eigenvalue weighted by atomic mass is 10.0. The van der Waals surface area contributed by atoms with Crippen LogP contribution >= 0.6 is 0 Å². The van der Waals surface area contributed by atoms with Crippen LogP contribution in [0.1, 0.15) is 264 Å². The van der Waals surface area contributed by atoms with Gasteiger partial charge < -0.3 is 33.3 Å². The zero-order valence-electron chi connectivity index (χ0n) is 46.4. The van der Waals surface area contributed by atoms with Crippen molar-refractivity contribution in [3.8, 4) is 0 Å². The Kier molecular flexibility index (Phi) is 50.5. The molecular formula is C61H111NO8. The lowest BCUT2D eigenvalue weighted by Gasteiger charge is -2.26. The van der Waals surface area contributed by atoms with Crippen LogP contribution in [0.2, 0.25) is 0 Å². The molecule has 0 rings (SSSR count). The Bertz CT molecular complexity index is 1290. The van der Waals surface area contributed by atoms with E-state index in [9.17, 15) is 19.5 Å². The van der Waals surface area contributed by atoms with Gasteiger partial charge in [-0.3, -0.25) is 9.59 Å². The monoisotopic (exact) mass is 986 g/mol. The quantitative estimate of drug-likeness (QED) is 0.0195. The molecule has 0 aromatic carbocycles. The Morgan fingerprint density at radius 2 is 0.814 bits per heavy atom. The summed E-state index contributed by atoms with van der Waals surface area (Å²) in [5, 5.41) is 11.8. The summed E-state index contributed by atoms with van der Waals surface area (Å²) < 4.78 is 22.7. The molecule has 0 radical (unpaired) electrons. The van der Waals surface area contributed by atoms with E-state index in [-0.39, 0.29) is 32.2 Å². The van der Waals surface area contributed by atoms with Gasteiger partial charge in [-0.2, -0.15) is 0 Å². The molecule has 70 heavy (non-hydrogen) atoms. The van der Waals surface area contributed by atoms with Crippen LogP contribution in [-0.4, -0.2) is 82.3 Å². The molecule has 9 heteroatoms. The number of esters is 2. The highest BCUT2D eigenvalue weighted by Gasteiger charge is 2.22. The Morgan fingerprint density at radius 3 is 1.21 bits per heavy atom. The number of quaternary nitrogens is 1. The van der Waals surface area contributed by atoms with Crippen LogP contribution in [0.4, 0.5) is 0 Å². The molecule has 0 saturated heterocycles. The molecule has 0 aliphatic rings. The number of ether oxygens (including phenoxy) is 4. The van der Waals surface area contributed by atoms with Crippen LogP contribution in [0.15, 0.2) is 48.6 Å². The van der Waals surface area contributed by atoms with Crippen molar-refractivity contribution in [2.45, 2.75) is 277 Å². The maximum absolute atomic E-state index is 12.8. The van der Waals surface area contributed by atoms with E-state index in [1.54, 1.807) is 0 Å². The van der Waals surface area contributed by atoms with Crippen molar-refractivity contribution >= 4 is 17.9 Å². The molecule has 0 heterocycles. The Morgan fingerprint density at radius 1 is 0.443 bits per heavy atom. The van der Waals surface area contributed by atoms with Gasteiger partial charge in [0.25, 0.3) is 0 Å². The van der Waals surface area contributed by atoms with Crippen molar-refractivity contribution < 1.29 is 42.9 Å². The lowest BCUT2D eigenvalue weighted by Crippen LogP contribution is -2.44. The number of rotatable bonds is 54. The number of nitrogens with zero attached hydrogens (tertiary/aromatic N) is 1. The molecule has 0 N–H and O–H groups in total. The maximum Gasteiger partial charge on any atom is 0.306 e. The second kappa shape index (κ2) is 52.6. The minimum atomic E-state index is -1.63. The Balaban J connectivity index is 4.20. The molecule has 0 spiro atoms. The van der Waals surface area contributed by atoms with Crippen LogP contribution in [-0.2, 0) is 33.3 Å². The fourth-order valence-electron chi connectivity index (χ4n) is 8.35. The third-order valence-corrected chi connectivity index (χ3v) is 12.8. The lowest BCUT2D eigenvalue weighted by molar-refractivity contribution is -0.870. The van der Waals surface area contributed by atoms with E-state index in [0.717, 1.165) is 83.5 Å². The van der Waals surface area contributed by atoms with Crippen LogP contribution in [0.3, 0.4) is 0 Å². The minimum absolute atomic E-state index is 0.144. The number of allylic oxidation sites excluding steroid dienone is 8. The first kappa shape index (κ1) is 67.2. The molecule has 0 aliphatic carbocycles. The zero-order chi connectivity index (χ0) is 51.3. The molecule has 9 nitrogen and oxygen atoms in total. The van der Waals surface area contributed by atoms with Gasteiger partial charge in [0.2, 0.25) is 0 Å². The molecule has 408 valence electrons. The van der Waals surface area contributed by atoms with Gasteiger partial charge in [-0.1, -0.05) is 249 Å². The fraction of sp³-hybridized carbons (Fsp3) is 0.820. The summed E-state index contributed by atoms with van der Waals surface area (Å²) >= 11 is 0. The molecule has 0 saturated carbocycles. The molecule has 0 amide bonds. The number of hydrogen-bond donors (Lipinski definition) is 0.